The molecule has 3 aromatic heterocycles. The van der Waals surface area contributed by atoms with Crippen molar-refractivity contribution in [3.05, 3.63) is 132 Å². The lowest BCUT2D eigenvalue weighted by atomic mass is 9.83. The van der Waals surface area contributed by atoms with Crippen LogP contribution in [0.15, 0.2) is 120 Å². The summed E-state index contributed by atoms with van der Waals surface area (Å²) in [4.78, 5) is 14.8. The van der Waals surface area contributed by atoms with Gasteiger partial charge in [-0.05, 0) is 106 Å². The number of nitrogens with zero attached hydrogens (tertiary/aromatic N) is 3. The maximum atomic E-state index is 11.1. The minimum atomic E-state index is -0.115. The first-order valence-electron chi connectivity index (χ1n) is 17.5. The molecule has 0 aliphatic heterocycles. The predicted octanol–water partition coefficient (Wildman–Crippen LogP) is 12.2. The first-order valence-corrected chi connectivity index (χ1v) is 17.5. The van der Waals surface area contributed by atoms with Crippen LogP contribution in [0.3, 0.4) is 0 Å². The van der Waals surface area contributed by atoms with Crippen LogP contribution in [0.25, 0.3) is 77.7 Å². The second-order valence-corrected chi connectivity index (χ2v) is 15.6. The van der Waals surface area contributed by atoms with Gasteiger partial charge in [-0.1, -0.05) is 90.1 Å². The monoisotopic (exact) mass is 667 g/mol. The van der Waals surface area contributed by atoms with Crippen LogP contribution in [-0.4, -0.2) is 20.1 Å². The number of hydrogen-bond acceptors (Lipinski definition) is 5. The van der Waals surface area contributed by atoms with E-state index in [0.717, 1.165) is 66.3 Å². The lowest BCUT2D eigenvalue weighted by Crippen LogP contribution is -2.11. The maximum Gasteiger partial charge on any atom is 0.231 e. The second-order valence-electron chi connectivity index (χ2n) is 15.6. The van der Waals surface area contributed by atoms with Crippen LogP contribution in [0.5, 0.6) is 5.75 Å². The molecule has 5 aromatic carbocycles. The molecule has 0 atom stereocenters. The van der Waals surface area contributed by atoms with E-state index in [1.165, 1.54) is 11.1 Å². The maximum absolute atomic E-state index is 11.1. The number of rotatable bonds is 4. The van der Waals surface area contributed by atoms with Crippen molar-refractivity contribution in [1.29, 1.82) is 0 Å². The number of phenols is 1. The molecular weight excluding hydrogens is 627 g/mol. The van der Waals surface area contributed by atoms with Gasteiger partial charge in [0.1, 0.15) is 11.3 Å². The molecule has 0 amide bonds. The van der Waals surface area contributed by atoms with Gasteiger partial charge in [0.05, 0.1) is 16.6 Å². The van der Waals surface area contributed by atoms with Crippen LogP contribution >= 0.6 is 0 Å². The lowest BCUT2D eigenvalue weighted by molar-refractivity contribution is 0.473. The minimum Gasteiger partial charge on any atom is -0.507 e. The molecule has 0 spiro atoms. The Balaban J connectivity index is 1.38. The fraction of sp³-hybridized carbons (Fsp3) is 0.196. The van der Waals surface area contributed by atoms with Gasteiger partial charge in [0.25, 0.3) is 0 Å². The number of fused-ring (bicyclic) bond motifs is 3. The fourth-order valence-corrected chi connectivity index (χ4v) is 6.93. The molecule has 8 aromatic rings. The van der Waals surface area contributed by atoms with E-state index in [0.29, 0.717) is 17.0 Å². The highest BCUT2D eigenvalue weighted by Crippen LogP contribution is 2.42. The van der Waals surface area contributed by atoms with E-state index >= 15 is 0 Å². The Morgan fingerprint density at radius 3 is 2.00 bits per heavy atom. The van der Waals surface area contributed by atoms with Crippen molar-refractivity contribution in [1.82, 2.24) is 15.0 Å². The molecule has 0 aliphatic carbocycles. The van der Waals surface area contributed by atoms with Gasteiger partial charge in [0.15, 0.2) is 5.58 Å². The Morgan fingerprint density at radius 2 is 1.24 bits per heavy atom. The number of hydrogen-bond donors (Lipinski definition) is 1. The highest BCUT2D eigenvalue weighted by molar-refractivity contribution is 6.02. The Morgan fingerprint density at radius 1 is 0.549 bits per heavy atom. The summed E-state index contributed by atoms with van der Waals surface area (Å²) in [6.45, 7) is 15.4. The number of aryl methyl sites for hydroxylation is 1. The fourth-order valence-electron chi connectivity index (χ4n) is 6.93. The summed E-state index contributed by atoms with van der Waals surface area (Å²) in [5, 5.41) is 13.3. The average molecular weight is 668 g/mol. The smallest absolute Gasteiger partial charge is 0.231 e. The molecule has 5 nitrogen and oxygen atoms in total. The molecule has 0 aliphatic rings. The number of aromatic nitrogens is 3. The molecule has 8 rings (SSSR count). The Kier molecular flexibility index (Phi) is 7.57. The summed E-state index contributed by atoms with van der Waals surface area (Å²) in [7, 11) is 0. The van der Waals surface area contributed by atoms with E-state index in [2.05, 4.69) is 121 Å². The Hall–Kier alpha value is -5.81. The molecule has 252 valence electrons. The number of aromatic hydroxyl groups is 1. The molecule has 5 heteroatoms. The van der Waals surface area contributed by atoms with Crippen molar-refractivity contribution in [3.63, 3.8) is 0 Å². The van der Waals surface area contributed by atoms with E-state index in [1.54, 1.807) is 6.07 Å². The molecule has 0 bridgehead atoms. The van der Waals surface area contributed by atoms with Gasteiger partial charge in [-0.2, -0.15) is 0 Å². The van der Waals surface area contributed by atoms with E-state index in [4.69, 9.17) is 19.4 Å². The highest BCUT2D eigenvalue weighted by atomic mass is 16.3. The Labute approximate surface area is 298 Å². The zero-order chi connectivity index (χ0) is 35.7. The zero-order valence-corrected chi connectivity index (χ0v) is 30.2. The van der Waals surface area contributed by atoms with Crippen LogP contribution in [0.1, 0.15) is 58.2 Å². The molecule has 51 heavy (non-hydrogen) atoms. The first-order chi connectivity index (χ1) is 24.3. The van der Waals surface area contributed by atoms with Crippen molar-refractivity contribution >= 4 is 32.9 Å². The van der Waals surface area contributed by atoms with Crippen LogP contribution in [0.4, 0.5) is 0 Å². The van der Waals surface area contributed by atoms with Crippen LogP contribution in [0.2, 0.25) is 0 Å². The average Bonchev–Trinajstić information content (AvgIpc) is 3.54. The van der Waals surface area contributed by atoms with Crippen LogP contribution in [0, 0.1) is 6.92 Å². The van der Waals surface area contributed by atoms with E-state index in [1.807, 2.05) is 36.7 Å². The standard InChI is InChI=1S/C46H41N3O2/c1-27-18-20-48-42-35(27)25-33(46(5,6)7)26-37(42)30-13-8-12-29(21-30)36-22-31(34-15-9-11-28-14-10-19-47-41(28)34)23-40-43(36)49-44(51-40)38-24-32(45(2,3)4)16-17-39(38)50/h8-26,50H,1-7H3. The van der Waals surface area contributed by atoms with Crippen LogP contribution < -0.4 is 0 Å². The van der Waals surface area contributed by atoms with E-state index in [-0.39, 0.29) is 16.6 Å². The number of pyridine rings is 2. The summed E-state index contributed by atoms with van der Waals surface area (Å²) in [6.07, 6.45) is 3.73. The van der Waals surface area contributed by atoms with E-state index in [9.17, 15) is 5.11 Å². The summed E-state index contributed by atoms with van der Waals surface area (Å²) >= 11 is 0. The molecule has 0 fully saturated rings. The molecule has 3 heterocycles. The largest absolute Gasteiger partial charge is 0.507 e. The zero-order valence-electron chi connectivity index (χ0n) is 30.2. The molecule has 0 saturated carbocycles. The molecule has 0 unspecified atom stereocenters. The summed E-state index contributed by atoms with van der Waals surface area (Å²) in [5.41, 5.74) is 13.3. The van der Waals surface area contributed by atoms with E-state index < -0.39 is 0 Å². The first kappa shape index (κ1) is 32.4. The number of oxazole rings is 1. The number of para-hydroxylation sites is 1. The summed E-state index contributed by atoms with van der Waals surface area (Å²) in [6, 6.07) is 35.5. The number of phenolic OH excluding ortho intramolecular Hbond substituents is 1. The van der Waals surface area contributed by atoms with Gasteiger partial charge in [0, 0.05) is 39.9 Å². The highest BCUT2D eigenvalue weighted by Gasteiger charge is 2.23. The topological polar surface area (TPSA) is 72.0 Å². The third kappa shape index (κ3) is 5.83. The molecule has 1 N–H and O–H groups in total. The van der Waals surface area contributed by atoms with Crippen molar-refractivity contribution in [2.75, 3.05) is 0 Å². The van der Waals surface area contributed by atoms with Gasteiger partial charge in [-0.3, -0.25) is 9.97 Å². The lowest BCUT2D eigenvalue weighted by Gasteiger charge is -2.22. The predicted molar refractivity (Wildman–Crippen MR) is 210 cm³/mol. The third-order valence-electron chi connectivity index (χ3n) is 9.95. The summed E-state index contributed by atoms with van der Waals surface area (Å²) in [5.74, 6) is 0.507. The quantitative estimate of drug-likeness (QED) is 0.202. The molecule has 0 saturated heterocycles. The number of benzene rings is 5. The minimum absolute atomic E-state index is 0.0389. The van der Waals surface area contributed by atoms with Gasteiger partial charge in [-0.15, -0.1) is 0 Å². The second kappa shape index (κ2) is 11.9. The van der Waals surface area contributed by atoms with Gasteiger partial charge in [0.2, 0.25) is 5.89 Å². The third-order valence-corrected chi connectivity index (χ3v) is 9.95. The van der Waals surface area contributed by atoms with Gasteiger partial charge >= 0.3 is 0 Å². The van der Waals surface area contributed by atoms with Crippen LogP contribution in [-0.2, 0) is 10.8 Å². The normalized spacial score (nSPS) is 12.3. The molecular formula is C46H41N3O2. The summed E-state index contributed by atoms with van der Waals surface area (Å²) < 4.78 is 6.58. The Bertz CT molecular complexity index is 2630. The SMILES string of the molecule is Cc1ccnc2c(-c3cccc(-c4cc(-c5cccc6cccnc56)cc5oc(-c6cc(C(C)(C)C)ccc6O)nc45)c3)cc(C(C)(C)C)cc12. The van der Waals surface area contributed by atoms with Crippen molar-refractivity contribution < 1.29 is 9.52 Å². The van der Waals surface area contributed by atoms with Gasteiger partial charge < -0.3 is 9.52 Å². The van der Waals surface area contributed by atoms with Gasteiger partial charge in [-0.25, -0.2) is 4.98 Å². The van der Waals surface area contributed by atoms with Crippen molar-refractivity contribution in [2.24, 2.45) is 0 Å². The van der Waals surface area contributed by atoms with Crippen molar-refractivity contribution in [3.8, 4) is 50.6 Å². The molecule has 0 radical (unpaired) electrons. The van der Waals surface area contributed by atoms with Crippen molar-refractivity contribution in [2.45, 2.75) is 59.3 Å².